The molecule has 114 valence electrons. The van der Waals surface area contributed by atoms with Gasteiger partial charge >= 0.3 is 0 Å². The minimum atomic E-state index is -0.467. The Bertz CT molecular complexity index is 653. The van der Waals surface area contributed by atoms with Crippen LogP contribution in [0.4, 0.5) is 0 Å². The van der Waals surface area contributed by atoms with E-state index in [1.54, 1.807) is 18.2 Å². The van der Waals surface area contributed by atoms with E-state index in [1.165, 1.54) is 0 Å². The van der Waals surface area contributed by atoms with Crippen molar-refractivity contribution in [2.45, 2.75) is 25.8 Å². The van der Waals surface area contributed by atoms with E-state index < -0.39 is 5.91 Å². The predicted octanol–water partition coefficient (Wildman–Crippen LogP) is 2.60. The van der Waals surface area contributed by atoms with Gasteiger partial charge < -0.3 is 11.1 Å². The molecule has 2 aromatic rings. The van der Waals surface area contributed by atoms with Crippen molar-refractivity contribution in [3.05, 3.63) is 71.3 Å². The maximum absolute atomic E-state index is 12.0. The molecule has 0 fully saturated rings. The number of benzene rings is 2. The molecule has 1 atom stereocenters. The summed E-state index contributed by atoms with van der Waals surface area (Å²) in [5.41, 5.74) is 7.70. The Morgan fingerprint density at radius 1 is 1.09 bits per heavy atom. The Balaban J connectivity index is 1.88. The molecule has 0 aromatic heterocycles. The molecule has 0 spiro atoms. The lowest BCUT2D eigenvalue weighted by Crippen LogP contribution is -2.24. The van der Waals surface area contributed by atoms with Gasteiger partial charge in [-0.15, -0.1) is 0 Å². The maximum Gasteiger partial charge on any atom is 0.248 e. The van der Waals surface area contributed by atoms with E-state index in [9.17, 15) is 9.59 Å². The molecule has 4 heteroatoms. The number of nitrogens with one attached hydrogen (secondary N) is 1. The summed E-state index contributed by atoms with van der Waals surface area (Å²) in [5, 5.41) is 2.87. The Labute approximate surface area is 130 Å². The van der Waals surface area contributed by atoms with Crippen molar-refractivity contribution in [2.24, 2.45) is 5.73 Å². The lowest BCUT2D eigenvalue weighted by molar-refractivity contribution is -0.121. The first-order valence-electron chi connectivity index (χ1n) is 7.26. The highest BCUT2D eigenvalue weighted by molar-refractivity contribution is 5.92. The van der Waals surface area contributed by atoms with Crippen LogP contribution < -0.4 is 11.1 Å². The summed E-state index contributed by atoms with van der Waals surface area (Å²) in [6, 6.07) is 16.9. The first-order chi connectivity index (χ1) is 10.6. The third-order valence-electron chi connectivity index (χ3n) is 3.56. The van der Waals surface area contributed by atoms with Crippen LogP contribution in [0.15, 0.2) is 54.6 Å². The van der Waals surface area contributed by atoms with Crippen LogP contribution in [0.25, 0.3) is 0 Å². The lowest BCUT2D eigenvalue weighted by Gasteiger charge is -2.12. The van der Waals surface area contributed by atoms with Crippen molar-refractivity contribution >= 4 is 11.8 Å². The van der Waals surface area contributed by atoms with E-state index in [0.29, 0.717) is 18.5 Å². The fraction of sp³-hybridized carbons (Fsp3) is 0.222. The molecule has 2 aromatic carbocycles. The Morgan fingerprint density at radius 2 is 1.82 bits per heavy atom. The maximum atomic E-state index is 12.0. The van der Waals surface area contributed by atoms with Gasteiger partial charge in [0.1, 0.15) is 0 Å². The third kappa shape index (κ3) is 4.45. The molecule has 2 amide bonds. The van der Waals surface area contributed by atoms with Crippen molar-refractivity contribution in [1.29, 1.82) is 0 Å². The first kappa shape index (κ1) is 15.8. The molecule has 0 aliphatic rings. The molecule has 2 rings (SSSR count). The van der Waals surface area contributed by atoms with Gasteiger partial charge in [0, 0.05) is 18.5 Å². The fourth-order valence-electron chi connectivity index (χ4n) is 2.28. The van der Waals surface area contributed by atoms with E-state index in [1.807, 2.05) is 43.3 Å². The van der Waals surface area contributed by atoms with Crippen LogP contribution >= 0.6 is 0 Å². The van der Waals surface area contributed by atoms with Gasteiger partial charge in [0.25, 0.3) is 0 Å². The summed E-state index contributed by atoms with van der Waals surface area (Å²) < 4.78 is 0. The van der Waals surface area contributed by atoms with Crippen molar-refractivity contribution in [3.8, 4) is 0 Å². The van der Waals surface area contributed by atoms with E-state index in [0.717, 1.165) is 11.1 Å². The van der Waals surface area contributed by atoms with Crippen LogP contribution in [0.3, 0.4) is 0 Å². The predicted molar refractivity (Wildman–Crippen MR) is 86.3 cm³/mol. The number of amides is 2. The third-order valence-corrected chi connectivity index (χ3v) is 3.56. The SMILES string of the molecule is CC(CC(=O)NCc1cccc(C(N)=O)c1)c1ccccc1. The molecule has 0 bridgehead atoms. The van der Waals surface area contributed by atoms with Crippen molar-refractivity contribution in [3.63, 3.8) is 0 Å². The molecule has 1 unspecified atom stereocenters. The van der Waals surface area contributed by atoms with Crippen LogP contribution in [0.5, 0.6) is 0 Å². The number of carbonyl (C=O) groups excluding carboxylic acids is 2. The average molecular weight is 296 g/mol. The van der Waals surface area contributed by atoms with Gasteiger partial charge in [0.2, 0.25) is 11.8 Å². The quantitative estimate of drug-likeness (QED) is 0.860. The molecule has 0 radical (unpaired) electrons. The van der Waals surface area contributed by atoms with E-state index in [2.05, 4.69) is 5.32 Å². The molecule has 3 N–H and O–H groups in total. The van der Waals surface area contributed by atoms with Gasteiger partial charge in [-0.2, -0.15) is 0 Å². The Hall–Kier alpha value is -2.62. The first-order valence-corrected chi connectivity index (χ1v) is 7.26. The number of rotatable bonds is 6. The van der Waals surface area contributed by atoms with Crippen LogP contribution in [-0.4, -0.2) is 11.8 Å². The molecule has 0 saturated heterocycles. The van der Waals surface area contributed by atoms with Gasteiger partial charge in [0.05, 0.1) is 0 Å². The van der Waals surface area contributed by atoms with Gasteiger partial charge in [-0.1, -0.05) is 49.4 Å². The molecule has 0 aliphatic heterocycles. The topological polar surface area (TPSA) is 72.2 Å². The zero-order chi connectivity index (χ0) is 15.9. The van der Waals surface area contributed by atoms with Gasteiger partial charge in [-0.3, -0.25) is 9.59 Å². The van der Waals surface area contributed by atoms with Crippen molar-refractivity contribution in [1.82, 2.24) is 5.32 Å². The van der Waals surface area contributed by atoms with Crippen LogP contribution in [0.2, 0.25) is 0 Å². The van der Waals surface area contributed by atoms with Crippen molar-refractivity contribution < 1.29 is 9.59 Å². The minimum Gasteiger partial charge on any atom is -0.366 e. The summed E-state index contributed by atoms with van der Waals surface area (Å²) in [6.45, 7) is 2.42. The van der Waals surface area contributed by atoms with Crippen LogP contribution in [-0.2, 0) is 11.3 Å². The summed E-state index contributed by atoms with van der Waals surface area (Å²) in [5.74, 6) is -0.315. The number of primary amides is 1. The summed E-state index contributed by atoms with van der Waals surface area (Å²) >= 11 is 0. The molecule has 0 saturated carbocycles. The van der Waals surface area contributed by atoms with E-state index in [-0.39, 0.29) is 11.8 Å². The molecular weight excluding hydrogens is 276 g/mol. The summed E-state index contributed by atoms with van der Waals surface area (Å²) in [6.07, 6.45) is 0.430. The highest BCUT2D eigenvalue weighted by Crippen LogP contribution is 2.18. The molecule has 4 nitrogen and oxygen atoms in total. The van der Waals surface area contributed by atoms with E-state index in [4.69, 9.17) is 5.73 Å². The van der Waals surface area contributed by atoms with Gasteiger partial charge in [-0.25, -0.2) is 0 Å². The Morgan fingerprint density at radius 3 is 2.50 bits per heavy atom. The standard InChI is InChI=1S/C18H20N2O2/c1-13(15-7-3-2-4-8-15)10-17(21)20-12-14-6-5-9-16(11-14)18(19)22/h2-9,11,13H,10,12H2,1H3,(H2,19,22)(H,20,21). The second-order valence-electron chi connectivity index (χ2n) is 5.36. The smallest absolute Gasteiger partial charge is 0.248 e. The zero-order valence-corrected chi connectivity index (χ0v) is 12.6. The monoisotopic (exact) mass is 296 g/mol. The van der Waals surface area contributed by atoms with Gasteiger partial charge in [0.15, 0.2) is 0 Å². The van der Waals surface area contributed by atoms with E-state index >= 15 is 0 Å². The molecule has 0 aliphatic carbocycles. The van der Waals surface area contributed by atoms with Crippen LogP contribution in [0.1, 0.15) is 40.7 Å². The second-order valence-corrected chi connectivity index (χ2v) is 5.36. The number of hydrogen-bond acceptors (Lipinski definition) is 2. The zero-order valence-electron chi connectivity index (χ0n) is 12.6. The molecule has 0 heterocycles. The number of hydrogen-bond donors (Lipinski definition) is 2. The number of carbonyl (C=O) groups is 2. The van der Waals surface area contributed by atoms with Crippen LogP contribution in [0, 0.1) is 0 Å². The fourth-order valence-corrected chi connectivity index (χ4v) is 2.28. The lowest BCUT2D eigenvalue weighted by atomic mass is 9.97. The van der Waals surface area contributed by atoms with Crippen molar-refractivity contribution in [2.75, 3.05) is 0 Å². The van der Waals surface area contributed by atoms with Gasteiger partial charge in [-0.05, 0) is 29.2 Å². The minimum absolute atomic E-state index is 0.0131. The number of nitrogens with two attached hydrogens (primary N) is 1. The summed E-state index contributed by atoms with van der Waals surface area (Å²) in [7, 11) is 0. The normalized spacial score (nSPS) is 11.7. The Kier molecular flexibility index (Phi) is 5.31. The second kappa shape index (κ2) is 7.41. The molecular formula is C18H20N2O2. The highest BCUT2D eigenvalue weighted by atomic mass is 16.1. The molecule has 22 heavy (non-hydrogen) atoms. The summed E-state index contributed by atoms with van der Waals surface area (Å²) in [4.78, 5) is 23.1. The average Bonchev–Trinajstić information content (AvgIpc) is 2.54. The largest absolute Gasteiger partial charge is 0.366 e. The highest BCUT2D eigenvalue weighted by Gasteiger charge is 2.11.